The van der Waals surface area contributed by atoms with Crippen LogP contribution in [0, 0.1) is 0 Å². The number of para-hydroxylation sites is 3. The highest BCUT2D eigenvalue weighted by molar-refractivity contribution is 9.11. The van der Waals surface area contributed by atoms with E-state index in [0.29, 0.717) is 9.47 Å². The zero-order valence-electron chi connectivity index (χ0n) is 43.4. The first kappa shape index (κ1) is 49.1. The van der Waals surface area contributed by atoms with Crippen LogP contribution in [0.15, 0.2) is 233 Å². The number of halogens is 3. The van der Waals surface area contributed by atoms with Gasteiger partial charge in [0.15, 0.2) is 15.3 Å². The van der Waals surface area contributed by atoms with Crippen LogP contribution in [0.25, 0.3) is 138 Å². The molecule has 1 aliphatic carbocycles. The molecule has 0 radical (unpaired) electrons. The number of fused-ring (bicyclic) bond motifs is 18. The SMILES string of the molecule is Brc1nc(-n2c3ccccc3c3cccnc32)c2ccc3ccc(-n4c5ccccc5c5cccnc54)nc3c2n1.Brc1nc(Br)c2ccc3ccc(-n4c5ccccc5c5cccnc54)nc3c2n1.c1ccc2c(c1)Cc1ncccc1-2. The number of aromatic nitrogens is 13. The maximum absolute atomic E-state index is 5.22. The van der Waals surface area contributed by atoms with Crippen LogP contribution >= 0.6 is 47.8 Å². The van der Waals surface area contributed by atoms with E-state index in [2.05, 4.69) is 203 Å². The Morgan fingerprint density at radius 2 is 0.747 bits per heavy atom. The Kier molecular flexibility index (Phi) is 11.7. The largest absolute Gasteiger partial charge is 0.278 e. The molecule has 11 aromatic heterocycles. The van der Waals surface area contributed by atoms with Gasteiger partial charge >= 0.3 is 0 Å². The van der Waals surface area contributed by atoms with Gasteiger partial charge in [0.25, 0.3) is 0 Å². The smallest absolute Gasteiger partial charge is 0.199 e. The topological polar surface area (TPSA) is 144 Å². The summed E-state index contributed by atoms with van der Waals surface area (Å²) < 4.78 is 8.09. The highest BCUT2D eigenvalue weighted by Gasteiger charge is 2.22. The summed E-state index contributed by atoms with van der Waals surface area (Å²) in [5.74, 6) is 2.34. The normalized spacial score (nSPS) is 12.0. The lowest BCUT2D eigenvalue weighted by atomic mass is 10.1. The molecule has 11 heterocycles. The minimum absolute atomic E-state index is 0.486. The van der Waals surface area contributed by atoms with E-state index in [1.165, 1.54) is 22.4 Å². The zero-order chi connectivity index (χ0) is 55.3. The Labute approximate surface area is 496 Å². The maximum Gasteiger partial charge on any atom is 0.199 e. The van der Waals surface area contributed by atoms with Gasteiger partial charge in [-0.15, -0.1) is 0 Å². The van der Waals surface area contributed by atoms with Crippen molar-refractivity contribution in [2.45, 2.75) is 6.42 Å². The van der Waals surface area contributed by atoms with Gasteiger partial charge in [0.2, 0.25) is 0 Å². The molecular formula is C67H38Br3N13. The molecule has 16 heteroatoms. The van der Waals surface area contributed by atoms with E-state index >= 15 is 0 Å². The van der Waals surface area contributed by atoms with Crippen molar-refractivity contribution in [1.82, 2.24) is 63.5 Å². The molecule has 13 nitrogen and oxygen atoms in total. The average Bonchev–Trinajstić information content (AvgIpc) is 3.19. The minimum Gasteiger partial charge on any atom is -0.278 e. The lowest BCUT2D eigenvalue weighted by Crippen LogP contribution is -2.03. The van der Waals surface area contributed by atoms with Gasteiger partial charge in [-0.25, -0.2) is 44.9 Å². The van der Waals surface area contributed by atoms with Gasteiger partial charge < -0.3 is 0 Å². The Bertz CT molecular complexity index is 5320. The predicted octanol–water partition coefficient (Wildman–Crippen LogP) is 16.8. The molecule has 0 amide bonds. The van der Waals surface area contributed by atoms with Crippen molar-refractivity contribution in [1.29, 1.82) is 0 Å². The quantitative estimate of drug-likeness (QED) is 0.0952. The Hall–Kier alpha value is -9.74. The molecule has 83 heavy (non-hydrogen) atoms. The third-order valence-electron chi connectivity index (χ3n) is 15.4. The number of nitrogens with zero attached hydrogens (tertiary/aromatic N) is 13. The minimum atomic E-state index is 0.486. The second kappa shape index (κ2) is 19.8. The van der Waals surface area contributed by atoms with Crippen LogP contribution in [0.4, 0.5) is 0 Å². The van der Waals surface area contributed by atoms with E-state index < -0.39 is 0 Å². The molecule has 392 valence electrons. The van der Waals surface area contributed by atoms with Gasteiger partial charge in [-0.05, 0) is 156 Å². The van der Waals surface area contributed by atoms with Crippen molar-refractivity contribution in [3.05, 3.63) is 244 Å². The first-order valence-electron chi connectivity index (χ1n) is 26.7. The fourth-order valence-corrected chi connectivity index (χ4v) is 13.3. The van der Waals surface area contributed by atoms with Gasteiger partial charge in [0, 0.05) is 90.6 Å². The van der Waals surface area contributed by atoms with Crippen molar-refractivity contribution in [3.8, 4) is 28.6 Å². The molecule has 0 bridgehead atoms. The summed E-state index contributed by atoms with van der Waals surface area (Å²) in [6.45, 7) is 0. The molecule has 0 unspecified atom stereocenters. The molecule has 0 saturated heterocycles. The zero-order valence-corrected chi connectivity index (χ0v) is 48.2. The summed E-state index contributed by atoms with van der Waals surface area (Å²) in [7, 11) is 0. The lowest BCUT2D eigenvalue weighted by Gasteiger charge is -2.12. The first-order chi connectivity index (χ1) is 40.9. The summed E-state index contributed by atoms with van der Waals surface area (Å²) in [6, 6.07) is 66.3. The number of hydrogen-bond acceptors (Lipinski definition) is 10. The van der Waals surface area contributed by atoms with Gasteiger partial charge in [-0.2, -0.15) is 0 Å². The van der Waals surface area contributed by atoms with Gasteiger partial charge in [0.1, 0.15) is 44.2 Å². The van der Waals surface area contributed by atoms with Crippen molar-refractivity contribution in [3.63, 3.8) is 0 Å². The standard InChI is InChI=1S/C33H18BrN7.C22H11Br2N5.C12H9N/c34-33-38-29-24(32(39-33)41-26-12-4-2-8-21(26)23-10-6-18-36-31(23)41)15-13-19-14-16-27(37-28(19)29)40-25-11-3-1-7-20(25)22-9-5-17-35-30(22)40;23-20-15-9-7-12-8-10-17(26-18(12)19(15)27-22(24)28-20)29-16-6-2-1-4-13(16)14-5-3-11-25-21(14)29;1-2-5-10-9(4-1)8-12-11(10)6-3-7-13-12/h1-18H;1-11H;1-7H,8H2. The van der Waals surface area contributed by atoms with Crippen LogP contribution in [0.3, 0.4) is 0 Å². The molecule has 0 saturated carbocycles. The van der Waals surface area contributed by atoms with Gasteiger partial charge in [-0.1, -0.05) is 97.1 Å². The van der Waals surface area contributed by atoms with Gasteiger partial charge in [0.05, 0.1) is 33.3 Å². The molecule has 17 aromatic rings. The van der Waals surface area contributed by atoms with Crippen LogP contribution < -0.4 is 0 Å². The molecule has 0 spiro atoms. The summed E-state index contributed by atoms with van der Waals surface area (Å²) in [4.78, 5) is 47.5. The number of benzene rings is 6. The van der Waals surface area contributed by atoms with E-state index in [1.54, 1.807) is 0 Å². The van der Waals surface area contributed by atoms with Crippen molar-refractivity contribution < 1.29 is 0 Å². The molecule has 0 N–H and O–H groups in total. The molecule has 6 aromatic carbocycles. The summed E-state index contributed by atoms with van der Waals surface area (Å²) in [6.07, 6.45) is 8.32. The number of rotatable bonds is 3. The molecular weight excluding hydrogens is 1230 g/mol. The second-order valence-electron chi connectivity index (χ2n) is 20.0. The van der Waals surface area contributed by atoms with Crippen LogP contribution in [-0.4, -0.2) is 63.5 Å². The van der Waals surface area contributed by atoms with E-state index in [-0.39, 0.29) is 0 Å². The summed E-state index contributed by atoms with van der Waals surface area (Å²) in [5.41, 5.74) is 14.2. The van der Waals surface area contributed by atoms with Crippen molar-refractivity contribution in [2.75, 3.05) is 0 Å². The number of hydrogen-bond donors (Lipinski definition) is 0. The second-order valence-corrected chi connectivity index (χ2v) is 22.2. The molecule has 0 aliphatic heterocycles. The van der Waals surface area contributed by atoms with Crippen LogP contribution in [0.1, 0.15) is 11.3 Å². The predicted molar refractivity (Wildman–Crippen MR) is 342 cm³/mol. The van der Waals surface area contributed by atoms with E-state index in [9.17, 15) is 0 Å². The first-order valence-corrected chi connectivity index (χ1v) is 29.0. The van der Waals surface area contributed by atoms with Gasteiger partial charge in [-0.3, -0.25) is 18.7 Å². The van der Waals surface area contributed by atoms with E-state index in [1.807, 2.05) is 97.6 Å². The Morgan fingerprint density at radius 3 is 1.34 bits per heavy atom. The Morgan fingerprint density at radius 1 is 0.313 bits per heavy atom. The van der Waals surface area contributed by atoms with Crippen LogP contribution in [0.2, 0.25) is 0 Å². The fourth-order valence-electron chi connectivity index (χ4n) is 11.9. The average molecular weight is 1260 g/mol. The summed E-state index contributed by atoms with van der Waals surface area (Å²) >= 11 is 10.5. The molecule has 0 atom stereocenters. The maximum atomic E-state index is 5.22. The molecule has 1 aliphatic rings. The fraction of sp³-hybridized carbons (Fsp3) is 0.0149. The summed E-state index contributed by atoms with van der Waals surface area (Å²) in [5, 5.41) is 10.5. The van der Waals surface area contributed by atoms with Crippen molar-refractivity contribution in [2.24, 2.45) is 0 Å². The van der Waals surface area contributed by atoms with Crippen molar-refractivity contribution >= 4 is 157 Å². The molecule has 0 fully saturated rings. The van der Waals surface area contributed by atoms with E-state index in [4.69, 9.17) is 29.9 Å². The number of pyridine rings is 6. The monoisotopic (exact) mass is 1260 g/mol. The Balaban J connectivity index is 0.000000116. The highest BCUT2D eigenvalue weighted by Crippen LogP contribution is 2.39. The van der Waals surface area contributed by atoms with Crippen LogP contribution in [0.5, 0.6) is 0 Å². The third kappa shape index (κ3) is 8.07. The molecule has 18 rings (SSSR count). The third-order valence-corrected chi connectivity index (χ3v) is 16.7. The highest BCUT2D eigenvalue weighted by atomic mass is 79.9. The van der Waals surface area contributed by atoms with Crippen LogP contribution in [-0.2, 0) is 6.42 Å². The van der Waals surface area contributed by atoms with E-state index in [0.717, 1.165) is 138 Å². The lowest BCUT2D eigenvalue weighted by molar-refractivity contribution is 1.03.